The fourth-order valence-electron chi connectivity index (χ4n) is 2.00. The van der Waals surface area contributed by atoms with E-state index in [1.54, 1.807) is 26.0 Å². The molecule has 0 atom stereocenters. The van der Waals surface area contributed by atoms with Gasteiger partial charge in [0.25, 0.3) is 0 Å². The predicted molar refractivity (Wildman–Crippen MR) is 109 cm³/mol. The maximum Gasteiger partial charge on any atom is 0.362 e. The first-order chi connectivity index (χ1) is 12.7. The van der Waals surface area contributed by atoms with Gasteiger partial charge in [0.05, 0.1) is 11.6 Å². The van der Waals surface area contributed by atoms with Crippen molar-refractivity contribution in [2.24, 2.45) is 10.2 Å². The van der Waals surface area contributed by atoms with Crippen LogP contribution in [-0.2, 0) is 9.53 Å². The number of carbonyl (C=O) groups is 1. The zero-order valence-corrected chi connectivity index (χ0v) is 17.9. The lowest BCUT2D eigenvalue weighted by atomic mass is 10.2. The number of esters is 1. The van der Waals surface area contributed by atoms with Gasteiger partial charge < -0.3 is 9.84 Å². The van der Waals surface area contributed by atoms with Gasteiger partial charge in [-0.2, -0.15) is 0 Å². The molecule has 0 aliphatic carbocycles. The summed E-state index contributed by atoms with van der Waals surface area (Å²) in [4.78, 5) is 16.6. The molecule has 0 bridgehead atoms. The number of hydrogen-bond acceptors (Lipinski definition) is 6. The highest BCUT2D eigenvalue weighted by Crippen LogP contribution is 2.30. The number of halogens is 3. The van der Waals surface area contributed by atoms with Crippen LogP contribution in [0.4, 0.5) is 5.69 Å². The Kier molecular flexibility index (Phi) is 7.35. The van der Waals surface area contributed by atoms with Crippen molar-refractivity contribution in [2.45, 2.75) is 20.8 Å². The van der Waals surface area contributed by atoms with Crippen molar-refractivity contribution >= 4 is 56.5 Å². The van der Waals surface area contributed by atoms with E-state index in [4.69, 9.17) is 27.9 Å². The molecule has 2 rings (SSSR count). The van der Waals surface area contributed by atoms with Gasteiger partial charge in [-0.1, -0.05) is 23.2 Å². The Morgan fingerprint density at radius 2 is 2.00 bits per heavy atom. The fourth-order valence-corrected chi connectivity index (χ4v) is 3.07. The van der Waals surface area contributed by atoms with Gasteiger partial charge in [-0.25, -0.2) is 9.78 Å². The van der Waals surface area contributed by atoms with E-state index >= 15 is 0 Å². The molecule has 6 nitrogen and oxygen atoms in total. The van der Waals surface area contributed by atoms with Crippen LogP contribution in [0.3, 0.4) is 0 Å². The minimum Gasteiger partial charge on any atom is -0.504 e. The maximum atomic E-state index is 12.3. The molecule has 0 radical (unpaired) electrons. The molecule has 1 heterocycles. The second-order valence-electron chi connectivity index (χ2n) is 5.43. The molecule has 9 heteroatoms. The molecule has 1 N–H and O–H groups in total. The summed E-state index contributed by atoms with van der Waals surface area (Å²) in [7, 11) is 0. The summed E-state index contributed by atoms with van der Waals surface area (Å²) in [6, 6.07) is 6.39. The Morgan fingerprint density at radius 1 is 1.30 bits per heavy atom. The number of aliphatic hydroxyl groups is 1. The molecule has 0 unspecified atom stereocenters. The molecule has 2 aromatic rings. The van der Waals surface area contributed by atoms with Crippen molar-refractivity contribution in [1.29, 1.82) is 0 Å². The maximum absolute atomic E-state index is 12.3. The Balaban J connectivity index is 2.57. The molecule has 0 aliphatic heterocycles. The predicted octanol–water partition coefficient (Wildman–Crippen LogP) is 6.34. The van der Waals surface area contributed by atoms with Gasteiger partial charge in [-0.05, 0) is 66.5 Å². The van der Waals surface area contributed by atoms with Crippen molar-refractivity contribution < 1.29 is 14.6 Å². The van der Waals surface area contributed by atoms with E-state index in [0.29, 0.717) is 15.2 Å². The van der Waals surface area contributed by atoms with E-state index in [-0.39, 0.29) is 28.7 Å². The average molecular weight is 473 g/mol. The summed E-state index contributed by atoms with van der Waals surface area (Å²) in [5.74, 6) is -1.30. The van der Waals surface area contributed by atoms with Crippen molar-refractivity contribution in [3.05, 3.63) is 61.4 Å². The molecule has 27 heavy (non-hydrogen) atoms. The number of hydrogen-bond donors (Lipinski definition) is 1. The number of azo groups is 1. The van der Waals surface area contributed by atoms with Gasteiger partial charge in [0, 0.05) is 15.2 Å². The van der Waals surface area contributed by atoms with Crippen LogP contribution < -0.4 is 0 Å². The third kappa shape index (κ3) is 5.28. The first kappa shape index (κ1) is 21.3. The summed E-state index contributed by atoms with van der Waals surface area (Å²) in [6.07, 6.45) is 0. The Hall–Kier alpha value is -1.96. The standard InChI is InChI=1S/C18H16BrCl2N3O3/c1-4-27-18(26)16(24-23-14-6-5-11(20)8-13(14)21)17(25)15-12(19)7-9(2)10(3)22-15/h5-8,25H,4H2,1-3H3/b17-16-,24-23?. The summed E-state index contributed by atoms with van der Waals surface area (Å²) in [6.45, 7) is 5.42. The largest absolute Gasteiger partial charge is 0.504 e. The lowest BCUT2D eigenvalue weighted by Crippen LogP contribution is -2.09. The number of nitrogens with zero attached hydrogens (tertiary/aromatic N) is 3. The van der Waals surface area contributed by atoms with Crippen LogP contribution in [0.5, 0.6) is 0 Å². The van der Waals surface area contributed by atoms with E-state index in [2.05, 4.69) is 31.1 Å². The number of aliphatic hydroxyl groups excluding tert-OH is 1. The van der Waals surface area contributed by atoms with Crippen LogP contribution in [0.25, 0.3) is 5.76 Å². The zero-order chi connectivity index (χ0) is 20.1. The number of ether oxygens (including phenoxy) is 1. The van der Waals surface area contributed by atoms with E-state index in [0.717, 1.165) is 5.56 Å². The summed E-state index contributed by atoms with van der Waals surface area (Å²) in [5, 5.41) is 19.1. The number of aromatic nitrogens is 1. The van der Waals surface area contributed by atoms with Gasteiger partial charge in [-0.3, -0.25) is 0 Å². The average Bonchev–Trinajstić information content (AvgIpc) is 2.60. The van der Waals surface area contributed by atoms with E-state index in [9.17, 15) is 9.90 Å². The number of aryl methyl sites for hydroxylation is 2. The molecule has 0 spiro atoms. The van der Waals surface area contributed by atoms with E-state index < -0.39 is 11.7 Å². The molecule has 0 saturated heterocycles. The van der Waals surface area contributed by atoms with Crippen molar-refractivity contribution in [2.75, 3.05) is 6.61 Å². The number of rotatable bonds is 5. The number of carbonyl (C=O) groups excluding carboxylic acids is 1. The van der Waals surface area contributed by atoms with Gasteiger partial charge in [0.15, 0.2) is 5.76 Å². The molecule has 0 saturated carbocycles. The second kappa shape index (κ2) is 9.30. The number of pyridine rings is 1. The van der Waals surface area contributed by atoms with E-state index in [1.807, 2.05) is 6.92 Å². The lowest BCUT2D eigenvalue weighted by molar-refractivity contribution is -0.138. The van der Waals surface area contributed by atoms with Crippen molar-refractivity contribution in [1.82, 2.24) is 4.98 Å². The smallest absolute Gasteiger partial charge is 0.362 e. The van der Waals surface area contributed by atoms with Gasteiger partial charge in [-0.15, -0.1) is 10.2 Å². The van der Waals surface area contributed by atoms with Crippen LogP contribution in [0, 0.1) is 13.8 Å². The van der Waals surface area contributed by atoms with Crippen LogP contribution in [0.15, 0.2) is 44.7 Å². The molecule has 0 amide bonds. The first-order valence-corrected chi connectivity index (χ1v) is 9.40. The van der Waals surface area contributed by atoms with Crippen LogP contribution in [0.2, 0.25) is 10.0 Å². The molecule has 0 fully saturated rings. The first-order valence-electron chi connectivity index (χ1n) is 7.85. The lowest BCUT2D eigenvalue weighted by Gasteiger charge is -2.09. The number of benzene rings is 1. The second-order valence-corrected chi connectivity index (χ2v) is 7.13. The highest BCUT2D eigenvalue weighted by Gasteiger charge is 2.21. The summed E-state index contributed by atoms with van der Waals surface area (Å²) >= 11 is 15.3. The third-order valence-corrected chi connectivity index (χ3v) is 4.65. The van der Waals surface area contributed by atoms with Gasteiger partial charge in [0.2, 0.25) is 5.70 Å². The highest BCUT2D eigenvalue weighted by molar-refractivity contribution is 9.10. The molecule has 1 aromatic carbocycles. The van der Waals surface area contributed by atoms with Crippen LogP contribution in [-0.4, -0.2) is 22.7 Å². The highest BCUT2D eigenvalue weighted by atomic mass is 79.9. The van der Waals surface area contributed by atoms with Crippen LogP contribution >= 0.6 is 39.1 Å². The SMILES string of the molecule is CCOC(=O)/C(N=Nc1ccc(Cl)cc1Cl)=C(/O)c1nc(C)c(C)cc1Br. The fraction of sp³-hybridized carbons (Fsp3) is 0.222. The van der Waals surface area contributed by atoms with Crippen LogP contribution in [0.1, 0.15) is 23.9 Å². The zero-order valence-electron chi connectivity index (χ0n) is 14.8. The Morgan fingerprint density at radius 3 is 2.63 bits per heavy atom. The normalized spacial score (nSPS) is 12.2. The third-order valence-electron chi connectivity index (χ3n) is 3.50. The van der Waals surface area contributed by atoms with E-state index in [1.165, 1.54) is 12.1 Å². The monoisotopic (exact) mass is 471 g/mol. The topological polar surface area (TPSA) is 84.1 Å². The minimum absolute atomic E-state index is 0.106. The Labute approximate surface area is 175 Å². The molecular formula is C18H16BrCl2N3O3. The minimum atomic E-state index is -0.837. The van der Waals surface area contributed by atoms with Crippen molar-refractivity contribution in [3.63, 3.8) is 0 Å². The molecular weight excluding hydrogens is 457 g/mol. The molecule has 142 valence electrons. The summed E-state index contributed by atoms with van der Waals surface area (Å²) < 4.78 is 5.47. The molecule has 1 aromatic heterocycles. The molecule has 0 aliphatic rings. The summed E-state index contributed by atoms with van der Waals surface area (Å²) in [5.41, 5.74) is 1.66. The Bertz CT molecular complexity index is 946. The quantitative estimate of drug-likeness (QED) is 0.238. The van der Waals surface area contributed by atoms with Crippen molar-refractivity contribution in [3.8, 4) is 0 Å². The van der Waals surface area contributed by atoms with Gasteiger partial charge in [0.1, 0.15) is 11.4 Å². The van der Waals surface area contributed by atoms with Gasteiger partial charge >= 0.3 is 5.97 Å².